The molecule has 7 nitrogen and oxygen atoms in total. The fourth-order valence-corrected chi connectivity index (χ4v) is 3.92. The highest BCUT2D eigenvalue weighted by molar-refractivity contribution is 6.05. The van der Waals surface area contributed by atoms with Crippen LogP contribution in [0.5, 0.6) is 5.75 Å². The van der Waals surface area contributed by atoms with E-state index in [2.05, 4.69) is 20.1 Å². The summed E-state index contributed by atoms with van der Waals surface area (Å²) in [5, 5.41) is 7.45. The molecule has 0 atom stereocenters. The number of amides is 1. The number of pyridine rings is 1. The van der Waals surface area contributed by atoms with Crippen LogP contribution in [0.3, 0.4) is 0 Å². The number of aldehydes is 1. The van der Waals surface area contributed by atoms with Crippen molar-refractivity contribution in [1.82, 2.24) is 14.8 Å². The molecule has 1 aromatic carbocycles. The minimum absolute atomic E-state index is 0.0417. The molecular formula is C22H21F3N4O3. The van der Waals surface area contributed by atoms with Gasteiger partial charge in [-0.05, 0) is 50.8 Å². The average molecular weight is 446 g/mol. The Balaban J connectivity index is 1.66. The van der Waals surface area contributed by atoms with Crippen LogP contribution < -0.4 is 10.1 Å². The first-order valence-electron chi connectivity index (χ1n) is 10.2. The van der Waals surface area contributed by atoms with Gasteiger partial charge in [-0.1, -0.05) is 6.07 Å². The molecule has 0 radical (unpaired) electrons. The van der Waals surface area contributed by atoms with Crippen LogP contribution in [0.25, 0.3) is 10.9 Å². The summed E-state index contributed by atoms with van der Waals surface area (Å²) in [6.45, 7) is 1.71. The van der Waals surface area contributed by atoms with Crippen molar-refractivity contribution in [2.75, 3.05) is 5.32 Å². The first kappa shape index (κ1) is 21.8. The van der Waals surface area contributed by atoms with Crippen molar-refractivity contribution in [3.8, 4) is 5.75 Å². The van der Waals surface area contributed by atoms with E-state index in [1.807, 2.05) is 0 Å². The summed E-state index contributed by atoms with van der Waals surface area (Å²) in [5.74, 6) is -1.17. The van der Waals surface area contributed by atoms with Gasteiger partial charge in [0.25, 0.3) is 5.91 Å². The van der Waals surface area contributed by atoms with E-state index in [0.717, 1.165) is 38.0 Å². The monoisotopic (exact) mass is 446 g/mol. The lowest BCUT2D eigenvalue weighted by molar-refractivity contribution is -0.274. The molecule has 0 saturated heterocycles. The highest BCUT2D eigenvalue weighted by Gasteiger charge is 2.33. The highest BCUT2D eigenvalue weighted by atomic mass is 19.4. The highest BCUT2D eigenvalue weighted by Crippen LogP contribution is 2.36. The van der Waals surface area contributed by atoms with Gasteiger partial charge in [0.2, 0.25) is 0 Å². The summed E-state index contributed by atoms with van der Waals surface area (Å²) in [7, 11) is 0. The number of hydrogen-bond acceptors (Lipinski definition) is 5. The molecule has 4 rings (SSSR count). The summed E-state index contributed by atoms with van der Waals surface area (Å²) >= 11 is 0. The summed E-state index contributed by atoms with van der Waals surface area (Å²) in [6.07, 6.45) is 0.769. The largest absolute Gasteiger partial charge is 0.573 e. The van der Waals surface area contributed by atoms with Gasteiger partial charge in [-0.3, -0.25) is 9.48 Å². The molecule has 32 heavy (non-hydrogen) atoms. The number of halogens is 3. The maximum Gasteiger partial charge on any atom is 0.573 e. The molecule has 3 aromatic rings. The van der Waals surface area contributed by atoms with Gasteiger partial charge in [0.05, 0.1) is 17.2 Å². The molecule has 168 valence electrons. The zero-order valence-electron chi connectivity index (χ0n) is 17.2. The van der Waals surface area contributed by atoms with Crippen molar-refractivity contribution in [2.45, 2.75) is 45.0 Å². The Bertz CT molecular complexity index is 1150. The van der Waals surface area contributed by atoms with Crippen LogP contribution in [-0.4, -0.2) is 33.3 Å². The predicted octanol–water partition coefficient (Wildman–Crippen LogP) is 4.82. The standard InChI is InChI=1S/C22H21F3N4O3/c1-13-3-2-4-17(26-13)21(31)27-19-9-15-11-29(16-7-5-14(12-30)6-8-16)28-18(15)10-20(19)32-22(23,24)25/h2-4,9-12,14,16H,5-8H2,1H3,(H,27,31)/t14-,16-. The second-order valence-corrected chi connectivity index (χ2v) is 7.89. The van der Waals surface area contributed by atoms with E-state index in [9.17, 15) is 22.8 Å². The number of benzene rings is 1. The van der Waals surface area contributed by atoms with Gasteiger partial charge in [-0.2, -0.15) is 5.10 Å². The van der Waals surface area contributed by atoms with Crippen LogP contribution in [0.15, 0.2) is 36.5 Å². The molecular weight excluding hydrogens is 425 g/mol. The first-order valence-corrected chi connectivity index (χ1v) is 10.2. The van der Waals surface area contributed by atoms with Crippen LogP contribution in [0.1, 0.15) is 47.9 Å². The SMILES string of the molecule is Cc1cccc(C(=O)Nc2cc3cn([C@H]4CC[C@H](C=O)CC4)nc3cc2OC(F)(F)F)n1. The smallest absolute Gasteiger partial charge is 0.403 e. The zero-order valence-corrected chi connectivity index (χ0v) is 17.2. The number of anilines is 1. The van der Waals surface area contributed by atoms with Crippen molar-refractivity contribution in [2.24, 2.45) is 5.92 Å². The Kier molecular flexibility index (Phi) is 5.86. The maximum atomic E-state index is 13.0. The number of aryl methyl sites for hydroxylation is 1. The number of hydrogen-bond donors (Lipinski definition) is 1. The Hall–Kier alpha value is -3.43. The van der Waals surface area contributed by atoms with E-state index in [1.54, 1.807) is 29.9 Å². The Morgan fingerprint density at radius 2 is 1.97 bits per heavy atom. The molecule has 1 aliphatic rings. The summed E-state index contributed by atoms with van der Waals surface area (Å²) in [4.78, 5) is 27.6. The molecule has 0 spiro atoms. The fraction of sp³-hybridized carbons (Fsp3) is 0.364. The minimum Gasteiger partial charge on any atom is -0.403 e. The van der Waals surface area contributed by atoms with Gasteiger partial charge in [-0.15, -0.1) is 13.2 Å². The Labute approximate surface area is 181 Å². The maximum absolute atomic E-state index is 13.0. The molecule has 10 heteroatoms. The number of nitrogens with zero attached hydrogens (tertiary/aromatic N) is 3. The molecule has 0 aliphatic heterocycles. The molecule has 1 aliphatic carbocycles. The van der Waals surface area contributed by atoms with Gasteiger partial charge in [0, 0.05) is 29.3 Å². The number of alkyl halides is 3. The first-order chi connectivity index (χ1) is 15.2. The van der Waals surface area contributed by atoms with Crippen molar-refractivity contribution in [1.29, 1.82) is 0 Å². The van der Waals surface area contributed by atoms with E-state index >= 15 is 0 Å². The molecule has 2 heterocycles. The summed E-state index contributed by atoms with van der Waals surface area (Å²) < 4.78 is 44.9. The second-order valence-electron chi connectivity index (χ2n) is 7.89. The molecule has 0 unspecified atom stereocenters. The quantitative estimate of drug-likeness (QED) is 0.568. The van der Waals surface area contributed by atoms with Crippen LogP contribution in [0, 0.1) is 12.8 Å². The third-order valence-corrected chi connectivity index (χ3v) is 5.53. The Morgan fingerprint density at radius 1 is 1.22 bits per heavy atom. The number of nitrogens with one attached hydrogen (secondary N) is 1. The van der Waals surface area contributed by atoms with Gasteiger partial charge >= 0.3 is 6.36 Å². The lowest BCUT2D eigenvalue weighted by Crippen LogP contribution is -2.20. The Morgan fingerprint density at radius 3 is 2.62 bits per heavy atom. The molecule has 1 N–H and O–H groups in total. The number of aromatic nitrogens is 3. The van der Waals surface area contributed by atoms with Crippen molar-refractivity contribution < 1.29 is 27.5 Å². The number of fused-ring (bicyclic) bond motifs is 1. The lowest BCUT2D eigenvalue weighted by Gasteiger charge is -2.25. The van der Waals surface area contributed by atoms with Crippen molar-refractivity contribution in [3.63, 3.8) is 0 Å². The van der Waals surface area contributed by atoms with Crippen LogP contribution in [0.2, 0.25) is 0 Å². The normalized spacial score (nSPS) is 19.0. The number of rotatable bonds is 5. The molecule has 2 aromatic heterocycles. The molecule has 1 amide bonds. The predicted molar refractivity (Wildman–Crippen MR) is 110 cm³/mol. The third kappa shape index (κ3) is 4.90. The van der Waals surface area contributed by atoms with Crippen LogP contribution in [0.4, 0.5) is 18.9 Å². The lowest BCUT2D eigenvalue weighted by atomic mass is 9.87. The fourth-order valence-electron chi connectivity index (χ4n) is 3.92. The average Bonchev–Trinajstić information content (AvgIpc) is 3.15. The van der Waals surface area contributed by atoms with Gasteiger partial charge in [0.1, 0.15) is 12.0 Å². The van der Waals surface area contributed by atoms with Gasteiger partial charge < -0.3 is 14.8 Å². The van der Waals surface area contributed by atoms with Crippen molar-refractivity contribution in [3.05, 3.63) is 47.9 Å². The summed E-state index contributed by atoms with van der Waals surface area (Å²) in [6, 6.07) is 7.44. The molecule has 1 saturated carbocycles. The van der Waals surface area contributed by atoms with Crippen LogP contribution in [-0.2, 0) is 4.79 Å². The van der Waals surface area contributed by atoms with Crippen LogP contribution >= 0.6 is 0 Å². The van der Waals surface area contributed by atoms with E-state index < -0.39 is 18.0 Å². The van der Waals surface area contributed by atoms with E-state index in [4.69, 9.17) is 0 Å². The van der Waals surface area contributed by atoms with Gasteiger partial charge in [-0.25, -0.2) is 4.98 Å². The second kappa shape index (κ2) is 8.60. The number of ether oxygens (including phenoxy) is 1. The molecule has 1 fully saturated rings. The van der Waals surface area contributed by atoms with E-state index in [-0.39, 0.29) is 23.3 Å². The topological polar surface area (TPSA) is 86.1 Å². The zero-order chi connectivity index (χ0) is 22.9. The minimum atomic E-state index is -4.94. The third-order valence-electron chi connectivity index (χ3n) is 5.53. The van der Waals surface area contributed by atoms with E-state index in [1.165, 1.54) is 12.1 Å². The van der Waals surface area contributed by atoms with E-state index in [0.29, 0.717) is 16.6 Å². The molecule has 0 bridgehead atoms. The van der Waals surface area contributed by atoms with Crippen molar-refractivity contribution >= 4 is 28.8 Å². The number of carbonyl (C=O) groups excluding carboxylic acids is 2. The van der Waals surface area contributed by atoms with Gasteiger partial charge in [0.15, 0.2) is 5.75 Å². The number of carbonyl (C=O) groups is 2. The summed E-state index contributed by atoms with van der Waals surface area (Å²) in [5.41, 5.74) is 0.858.